The van der Waals surface area contributed by atoms with Crippen LogP contribution in [0.15, 0.2) is 35.7 Å². The summed E-state index contributed by atoms with van der Waals surface area (Å²) in [6, 6.07) is 9.78. The number of benzene rings is 1. The number of hydrogen-bond acceptors (Lipinski definition) is 3. The highest BCUT2D eigenvalue weighted by Crippen LogP contribution is 2.23. The van der Waals surface area contributed by atoms with Crippen LogP contribution in [0.5, 0.6) is 0 Å². The van der Waals surface area contributed by atoms with Crippen molar-refractivity contribution in [2.75, 3.05) is 18.0 Å². The van der Waals surface area contributed by atoms with E-state index in [0.717, 1.165) is 29.1 Å². The fraction of sp³-hybridized carbons (Fsp3) is 0.312. The van der Waals surface area contributed by atoms with Gasteiger partial charge < -0.3 is 4.90 Å². The molecule has 100 valence electrons. The van der Waals surface area contributed by atoms with Crippen LogP contribution in [0.4, 0.5) is 5.69 Å². The van der Waals surface area contributed by atoms with Gasteiger partial charge in [0.15, 0.2) is 0 Å². The molecular weight excluding hydrogens is 254 g/mol. The molecule has 0 aliphatic heterocycles. The minimum Gasteiger partial charge on any atom is -0.372 e. The molecule has 0 aliphatic carbocycles. The lowest BCUT2D eigenvalue weighted by Crippen LogP contribution is -2.22. The Labute approximate surface area is 118 Å². The summed E-state index contributed by atoms with van der Waals surface area (Å²) < 4.78 is 0. The number of carbonyl (C=O) groups excluding carboxylic acids is 1. The van der Waals surface area contributed by atoms with Gasteiger partial charge in [-0.3, -0.25) is 4.79 Å². The average molecular weight is 273 g/mol. The van der Waals surface area contributed by atoms with Crippen molar-refractivity contribution in [3.8, 4) is 0 Å². The Balaban J connectivity index is 2.31. The molecule has 3 heteroatoms. The van der Waals surface area contributed by atoms with E-state index in [2.05, 4.69) is 31.7 Å². The van der Waals surface area contributed by atoms with E-state index in [0.29, 0.717) is 0 Å². The number of anilines is 1. The van der Waals surface area contributed by atoms with Gasteiger partial charge in [0.25, 0.3) is 0 Å². The molecule has 1 aromatic heterocycles. The van der Waals surface area contributed by atoms with Crippen LogP contribution in [0.3, 0.4) is 0 Å². The summed E-state index contributed by atoms with van der Waals surface area (Å²) in [6.45, 7) is 8.32. The monoisotopic (exact) mass is 273 g/mol. The molecule has 0 bridgehead atoms. The largest absolute Gasteiger partial charge is 0.372 e. The predicted molar refractivity (Wildman–Crippen MR) is 82.5 cm³/mol. The summed E-state index contributed by atoms with van der Waals surface area (Å²) in [6.07, 6.45) is 0. The van der Waals surface area contributed by atoms with E-state index in [-0.39, 0.29) is 5.78 Å². The van der Waals surface area contributed by atoms with Crippen LogP contribution in [-0.2, 0) is 0 Å². The number of hydrogen-bond donors (Lipinski definition) is 0. The Morgan fingerprint density at radius 1 is 1.21 bits per heavy atom. The van der Waals surface area contributed by atoms with Crippen LogP contribution in [-0.4, -0.2) is 18.9 Å². The molecule has 2 aromatic rings. The van der Waals surface area contributed by atoms with E-state index in [4.69, 9.17) is 0 Å². The van der Waals surface area contributed by atoms with Gasteiger partial charge in [0.05, 0.1) is 4.88 Å². The molecule has 2 nitrogen and oxygen atoms in total. The Bertz CT molecular complexity index is 556. The lowest BCUT2D eigenvalue weighted by Gasteiger charge is -2.23. The van der Waals surface area contributed by atoms with E-state index < -0.39 is 0 Å². The zero-order valence-corrected chi connectivity index (χ0v) is 12.5. The zero-order valence-electron chi connectivity index (χ0n) is 11.6. The second kappa shape index (κ2) is 6.02. The standard InChI is InChI=1S/C16H19NOS/c1-4-17(5-2)14-9-8-13(11-12(14)3)16(18)15-7-6-10-19-15/h6-11H,4-5H2,1-3H3. The van der Waals surface area contributed by atoms with Gasteiger partial charge in [-0.1, -0.05) is 6.07 Å². The Morgan fingerprint density at radius 3 is 2.47 bits per heavy atom. The van der Waals surface area contributed by atoms with Crippen molar-refractivity contribution < 1.29 is 4.79 Å². The molecule has 0 aliphatic rings. The maximum atomic E-state index is 12.3. The fourth-order valence-electron chi connectivity index (χ4n) is 2.27. The summed E-state index contributed by atoms with van der Waals surface area (Å²) >= 11 is 1.49. The molecule has 0 fully saturated rings. The Kier molecular flexibility index (Phi) is 4.38. The summed E-state index contributed by atoms with van der Waals surface area (Å²) in [7, 11) is 0. The maximum absolute atomic E-state index is 12.3. The van der Waals surface area contributed by atoms with Crippen molar-refractivity contribution in [2.45, 2.75) is 20.8 Å². The second-order valence-corrected chi connectivity index (χ2v) is 5.43. The number of nitrogens with zero attached hydrogens (tertiary/aromatic N) is 1. The quantitative estimate of drug-likeness (QED) is 0.763. The van der Waals surface area contributed by atoms with E-state index in [1.807, 2.05) is 29.6 Å². The molecule has 19 heavy (non-hydrogen) atoms. The van der Waals surface area contributed by atoms with Gasteiger partial charge in [-0.05, 0) is 56.0 Å². The van der Waals surface area contributed by atoms with Crippen LogP contribution in [0.25, 0.3) is 0 Å². The number of carbonyl (C=O) groups is 1. The topological polar surface area (TPSA) is 20.3 Å². The lowest BCUT2D eigenvalue weighted by atomic mass is 10.0. The first kappa shape index (κ1) is 13.8. The van der Waals surface area contributed by atoms with Crippen LogP contribution in [0, 0.1) is 6.92 Å². The van der Waals surface area contributed by atoms with Crippen LogP contribution < -0.4 is 4.90 Å². The highest BCUT2D eigenvalue weighted by Gasteiger charge is 2.12. The van der Waals surface area contributed by atoms with Gasteiger partial charge in [-0.25, -0.2) is 0 Å². The third kappa shape index (κ3) is 2.87. The van der Waals surface area contributed by atoms with Crippen molar-refractivity contribution in [2.24, 2.45) is 0 Å². The number of aryl methyl sites for hydroxylation is 1. The molecule has 0 amide bonds. The van der Waals surface area contributed by atoms with Crippen LogP contribution in [0.2, 0.25) is 0 Å². The molecular formula is C16H19NOS. The van der Waals surface area contributed by atoms with E-state index in [1.54, 1.807) is 0 Å². The number of ketones is 1. The van der Waals surface area contributed by atoms with Crippen molar-refractivity contribution in [3.05, 3.63) is 51.7 Å². The smallest absolute Gasteiger partial charge is 0.202 e. The first-order chi connectivity index (χ1) is 9.17. The van der Waals surface area contributed by atoms with Gasteiger partial charge in [0.1, 0.15) is 0 Å². The van der Waals surface area contributed by atoms with Gasteiger partial charge in [-0.2, -0.15) is 0 Å². The Hall–Kier alpha value is -1.61. The summed E-state index contributed by atoms with van der Waals surface area (Å²) in [4.78, 5) is 15.4. The van der Waals surface area contributed by atoms with E-state index >= 15 is 0 Å². The normalized spacial score (nSPS) is 10.5. The molecule has 0 unspecified atom stereocenters. The maximum Gasteiger partial charge on any atom is 0.202 e. The van der Waals surface area contributed by atoms with Gasteiger partial charge >= 0.3 is 0 Å². The van der Waals surface area contributed by atoms with E-state index in [9.17, 15) is 4.79 Å². The molecule has 0 saturated carbocycles. The molecule has 0 radical (unpaired) electrons. The summed E-state index contributed by atoms with van der Waals surface area (Å²) in [5, 5.41) is 1.93. The highest BCUT2D eigenvalue weighted by atomic mass is 32.1. The first-order valence-electron chi connectivity index (χ1n) is 6.61. The molecule has 0 saturated heterocycles. The van der Waals surface area contributed by atoms with Crippen molar-refractivity contribution in [1.82, 2.24) is 0 Å². The van der Waals surface area contributed by atoms with Gasteiger partial charge in [-0.15, -0.1) is 11.3 Å². The van der Waals surface area contributed by atoms with Gasteiger partial charge in [0.2, 0.25) is 5.78 Å². The lowest BCUT2D eigenvalue weighted by molar-refractivity contribution is 0.104. The molecule has 0 atom stereocenters. The molecule has 1 heterocycles. The molecule has 0 N–H and O–H groups in total. The number of thiophene rings is 1. The highest BCUT2D eigenvalue weighted by molar-refractivity contribution is 7.12. The molecule has 2 rings (SSSR count). The third-order valence-electron chi connectivity index (χ3n) is 3.31. The van der Waals surface area contributed by atoms with Crippen LogP contribution in [0.1, 0.15) is 34.6 Å². The molecule has 0 spiro atoms. The van der Waals surface area contributed by atoms with Crippen molar-refractivity contribution >= 4 is 22.8 Å². The minimum atomic E-state index is 0.115. The molecule has 1 aromatic carbocycles. The van der Waals surface area contributed by atoms with Crippen molar-refractivity contribution in [1.29, 1.82) is 0 Å². The first-order valence-corrected chi connectivity index (χ1v) is 7.49. The zero-order chi connectivity index (χ0) is 13.8. The third-order valence-corrected chi connectivity index (χ3v) is 4.18. The summed E-state index contributed by atoms with van der Waals surface area (Å²) in [5.74, 6) is 0.115. The predicted octanol–water partition coefficient (Wildman–Crippen LogP) is 4.13. The van der Waals surface area contributed by atoms with E-state index in [1.165, 1.54) is 17.0 Å². The van der Waals surface area contributed by atoms with Crippen LogP contribution >= 0.6 is 11.3 Å². The number of rotatable bonds is 5. The Morgan fingerprint density at radius 2 is 1.95 bits per heavy atom. The SMILES string of the molecule is CCN(CC)c1ccc(C(=O)c2cccs2)cc1C. The van der Waals surface area contributed by atoms with Crippen molar-refractivity contribution in [3.63, 3.8) is 0 Å². The summed E-state index contributed by atoms with van der Waals surface area (Å²) in [5.41, 5.74) is 3.15. The second-order valence-electron chi connectivity index (χ2n) is 4.48. The fourth-order valence-corrected chi connectivity index (χ4v) is 2.95. The average Bonchev–Trinajstić information content (AvgIpc) is 2.95. The minimum absolute atomic E-state index is 0.115. The van der Waals surface area contributed by atoms with Gasteiger partial charge in [0, 0.05) is 24.3 Å².